The zero-order chi connectivity index (χ0) is 46.0. The number of halogens is 4. The number of alkyl halides is 4. The van der Waals surface area contributed by atoms with Gasteiger partial charge in [-0.3, -0.25) is 19.4 Å². The summed E-state index contributed by atoms with van der Waals surface area (Å²) >= 11 is 3.96. The molecule has 0 unspecified atom stereocenters. The summed E-state index contributed by atoms with van der Waals surface area (Å²) in [6, 6.07) is 23.8. The molecule has 4 aliphatic rings. The van der Waals surface area contributed by atoms with Gasteiger partial charge in [-0.15, -0.1) is 0 Å². The van der Waals surface area contributed by atoms with Gasteiger partial charge in [-0.25, -0.2) is 17.6 Å². The average molecular weight is 913 g/mol. The van der Waals surface area contributed by atoms with E-state index in [0.717, 1.165) is 71.9 Å². The van der Waals surface area contributed by atoms with Gasteiger partial charge < -0.3 is 24.4 Å². The van der Waals surface area contributed by atoms with Crippen molar-refractivity contribution in [1.29, 1.82) is 0 Å². The smallest absolute Gasteiger partial charge is 0.311 e. The summed E-state index contributed by atoms with van der Waals surface area (Å²) < 4.78 is 70.5. The number of carboxylic acid groups (broad SMARTS) is 1. The number of likely N-dealkylation sites (tertiary alicyclic amines) is 2. The molecule has 0 amide bonds. The molecule has 2 N–H and O–H groups in total. The van der Waals surface area contributed by atoms with Gasteiger partial charge in [0.15, 0.2) is 0 Å². The molecule has 64 heavy (non-hydrogen) atoms. The van der Waals surface area contributed by atoms with E-state index in [9.17, 15) is 32.3 Å². The third-order valence-corrected chi connectivity index (χ3v) is 13.6. The number of carbonyl (C=O) groups is 2. The minimum absolute atomic E-state index is 0.000716. The molecule has 2 saturated carbocycles. The first-order valence-corrected chi connectivity index (χ1v) is 23.4. The first-order chi connectivity index (χ1) is 30.6. The second-order valence-electron chi connectivity index (χ2n) is 17.9. The Labute approximate surface area is 379 Å². The number of rotatable bonds is 14. The maximum absolute atomic E-state index is 13.9. The van der Waals surface area contributed by atoms with Crippen molar-refractivity contribution in [2.24, 2.45) is 23.7 Å². The number of aromatic hydroxyl groups is 1. The normalized spacial score (nSPS) is 22.3. The Morgan fingerprint density at radius 3 is 1.59 bits per heavy atom. The lowest BCUT2D eigenvalue weighted by Gasteiger charge is -2.37. The number of phenols is 1. The van der Waals surface area contributed by atoms with Gasteiger partial charge in [-0.05, 0) is 120 Å². The molecule has 4 aromatic rings. The number of fused-ring (bicyclic) bond motifs is 2. The molecule has 9 nitrogen and oxygen atoms in total. The molecule has 2 aliphatic carbocycles. The Morgan fingerprint density at radius 1 is 0.656 bits per heavy atom. The van der Waals surface area contributed by atoms with Crippen LogP contribution in [-0.2, 0) is 32.2 Å². The molecular formula is C50H64F4N2O7S. The fraction of sp³-hybridized carbons (Fsp3) is 0.560. The second kappa shape index (κ2) is 22.4. The monoisotopic (exact) mass is 912 g/mol. The number of methoxy groups -OCH3 is 1. The van der Waals surface area contributed by atoms with Crippen molar-refractivity contribution >= 4 is 46.1 Å². The van der Waals surface area contributed by atoms with Crippen LogP contribution in [0.15, 0.2) is 72.8 Å². The van der Waals surface area contributed by atoms with E-state index in [4.69, 9.17) is 19.3 Å². The first kappa shape index (κ1) is 49.3. The fourth-order valence-electron chi connectivity index (χ4n) is 9.34. The molecule has 0 spiro atoms. The minimum Gasteiger partial charge on any atom is -0.508 e. The van der Waals surface area contributed by atoms with E-state index in [1.807, 2.05) is 30.3 Å². The zero-order valence-electron chi connectivity index (χ0n) is 37.2. The van der Waals surface area contributed by atoms with E-state index >= 15 is 0 Å². The lowest BCUT2D eigenvalue weighted by Crippen LogP contribution is -2.49. The van der Waals surface area contributed by atoms with Crippen LogP contribution in [0.1, 0.15) is 89.2 Å². The van der Waals surface area contributed by atoms with Gasteiger partial charge in [0.25, 0.3) is 11.8 Å². The average Bonchev–Trinajstić information content (AvgIpc) is 3.26. The molecule has 8 rings (SSSR count). The summed E-state index contributed by atoms with van der Waals surface area (Å²) in [7, 11) is 1.43. The van der Waals surface area contributed by atoms with E-state index in [1.54, 1.807) is 26.0 Å². The number of ether oxygens (including phenoxy) is 3. The maximum Gasteiger partial charge on any atom is 0.311 e. The highest BCUT2D eigenvalue weighted by Crippen LogP contribution is 2.41. The van der Waals surface area contributed by atoms with Gasteiger partial charge in [-0.2, -0.15) is 12.6 Å². The number of carboxylic acids is 1. The van der Waals surface area contributed by atoms with Gasteiger partial charge in [0.2, 0.25) is 0 Å². The highest BCUT2D eigenvalue weighted by Gasteiger charge is 2.41. The summed E-state index contributed by atoms with van der Waals surface area (Å²) in [4.78, 5) is 26.6. The second-order valence-corrected chi connectivity index (χ2v) is 18.2. The van der Waals surface area contributed by atoms with Crippen molar-refractivity contribution < 1.29 is 51.6 Å². The summed E-state index contributed by atoms with van der Waals surface area (Å²) in [6.45, 7) is 7.43. The van der Waals surface area contributed by atoms with Crippen LogP contribution in [0.3, 0.4) is 0 Å². The van der Waals surface area contributed by atoms with Crippen LogP contribution in [0.5, 0.6) is 11.5 Å². The number of thiol groups is 1. The maximum atomic E-state index is 13.9. The number of carbonyl (C=O) groups excluding carboxylic acids is 1. The number of phenolic OH excluding ortho intramolecular Hbond substituents is 1. The topological polar surface area (TPSA) is 109 Å². The number of benzene rings is 4. The molecule has 2 aliphatic heterocycles. The molecule has 0 radical (unpaired) electrons. The molecule has 0 atom stereocenters. The number of hydrogen-bond acceptors (Lipinski definition) is 9. The van der Waals surface area contributed by atoms with E-state index in [1.165, 1.54) is 12.7 Å². The SMILES string of the molecule is CCC(F)(F)C1CCC(OCS)CC1.CCC(F)(F)C1CCC(Oc2ccc3cc(CN4CC(C(=O)O)C4)ccc3c2)CC1.COC(=O)C1CN(Cc2ccc3cc(O)ccc3c2)C1. The fourth-order valence-corrected chi connectivity index (χ4v) is 9.55. The quantitative estimate of drug-likeness (QED) is 0.0493. The molecule has 14 heteroatoms. The van der Waals surface area contributed by atoms with Crippen molar-refractivity contribution in [1.82, 2.24) is 9.80 Å². The molecule has 2 saturated heterocycles. The summed E-state index contributed by atoms with van der Waals surface area (Å²) in [6.07, 6.45) is 5.05. The predicted molar refractivity (Wildman–Crippen MR) is 244 cm³/mol. The van der Waals surface area contributed by atoms with Crippen LogP contribution >= 0.6 is 12.6 Å². The van der Waals surface area contributed by atoms with Crippen molar-refractivity contribution in [2.75, 3.05) is 39.2 Å². The van der Waals surface area contributed by atoms with E-state index in [-0.39, 0.29) is 48.6 Å². The number of nitrogens with zero attached hydrogens (tertiary/aromatic N) is 2. The van der Waals surface area contributed by atoms with Crippen LogP contribution in [0.4, 0.5) is 17.6 Å². The predicted octanol–water partition coefficient (Wildman–Crippen LogP) is 11.0. The van der Waals surface area contributed by atoms with Gasteiger partial charge in [0.1, 0.15) is 11.5 Å². The lowest BCUT2D eigenvalue weighted by atomic mass is 9.82. The van der Waals surface area contributed by atoms with Crippen molar-refractivity contribution in [2.45, 2.75) is 115 Å². The molecule has 4 fully saturated rings. The Bertz CT molecular complexity index is 2150. The standard InChI is InChI=1S/C24H29F2NO3.C16H17NO3.C10H18F2OS/c1-2-24(25,26)20-6-9-21(10-7-20)30-22-8-5-17-11-16(3-4-18(17)12-22)13-27-14-19(15-27)23(28)29;1-20-16(19)14-9-17(10-14)8-11-2-3-13-7-15(18)5-4-12(13)6-11;1-2-10(11,12)8-3-5-9(6-4-8)13-7-14/h3-5,8,11-12,19-21H,2,6-7,9-10,13-15H2,1H3,(H,28,29);2-7,14,18H,8-10H2,1H3;8-9,14H,2-7H2,1H3. The summed E-state index contributed by atoms with van der Waals surface area (Å²) in [5.74, 6) is -5.59. The molecular weight excluding hydrogens is 849 g/mol. The largest absolute Gasteiger partial charge is 0.508 e. The Hall–Kier alpha value is -4.11. The van der Waals surface area contributed by atoms with E-state index in [2.05, 4.69) is 52.8 Å². The minimum atomic E-state index is -2.56. The molecule has 0 aromatic heterocycles. The van der Waals surface area contributed by atoms with Crippen LogP contribution in [0.2, 0.25) is 0 Å². The first-order valence-electron chi connectivity index (χ1n) is 22.7. The number of esters is 1. The molecule has 2 heterocycles. The van der Waals surface area contributed by atoms with Gasteiger partial charge >= 0.3 is 11.9 Å². The van der Waals surface area contributed by atoms with Crippen molar-refractivity contribution in [3.05, 3.63) is 83.9 Å². The Kier molecular flexibility index (Phi) is 17.3. The van der Waals surface area contributed by atoms with Crippen molar-refractivity contribution in [3.8, 4) is 11.5 Å². The summed E-state index contributed by atoms with van der Waals surface area (Å²) in [5.41, 5.74) is 2.38. The highest BCUT2D eigenvalue weighted by molar-refractivity contribution is 7.80. The van der Waals surface area contributed by atoms with Crippen LogP contribution in [0.25, 0.3) is 21.5 Å². The van der Waals surface area contributed by atoms with Gasteiger partial charge in [0.05, 0.1) is 37.1 Å². The third-order valence-electron chi connectivity index (χ3n) is 13.5. The number of aliphatic carboxylic acids is 1. The van der Waals surface area contributed by atoms with Crippen molar-refractivity contribution in [3.63, 3.8) is 0 Å². The van der Waals surface area contributed by atoms with Gasteiger partial charge in [-0.1, -0.05) is 50.2 Å². The van der Waals surface area contributed by atoms with Crippen LogP contribution < -0.4 is 4.74 Å². The highest BCUT2D eigenvalue weighted by atomic mass is 32.1. The third kappa shape index (κ3) is 13.3. The summed E-state index contributed by atoms with van der Waals surface area (Å²) in [5, 5.41) is 22.8. The number of hydrogen-bond donors (Lipinski definition) is 3. The van der Waals surface area contributed by atoms with E-state index in [0.29, 0.717) is 57.6 Å². The van der Waals surface area contributed by atoms with Crippen LogP contribution in [0, 0.1) is 23.7 Å². The van der Waals surface area contributed by atoms with E-state index < -0.39 is 29.7 Å². The Morgan fingerprint density at radius 2 is 1.11 bits per heavy atom. The van der Waals surface area contributed by atoms with Crippen LogP contribution in [-0.4, -0.2) is 95.2 Å². The molecule has 0 bridgehead atoms. The molecule has 4 aromatic carbocycles. The Balaban J connectivity index is 0.000000173. The lowest BCUT2D eigenvalue weighted by molar-refractivity contribution is -0.151. The molecule has 350 valence electrons. The van der Waals surface area contributed by atoms with Gasteiger partial charge in [0, 0.05) is 63.9 Å². The zero-order valence-corrected chi connectivity index (χ0v) is 38.1.